The van der Waals surface area contributed by atoms with Crippen LogP contribution in [0.5, 0.6) is 0 Å². The van der Waals surface area contributed by atoms with Gasteiger partial charge in [-0.15, -0.1) is 12.4 Å². The van der Waals surface area contributed by atoms with Gasteiger partial charge < -0.3 is 10.5 Å². The number of benzene rings is 1. The third-order valence-corrected chi connectivity index (χ3v) is 2.58. The van der Waals surface area contributed by atoms with E-state index in [0.717, 1.165) is 18.2 Å². The number of carbonyl (C=O) groups excluding carboxylic acids is 1. The lowest BCUT2D eigenvalue weighted by molar-refractivity contribution is -0.174. The van der Waals surface area contributed by atoms with Crippen LogP contribution in [-0.2, 0) is 9.53 Å². The second kappa shape index (κ2) is 6.98. The largest absolute Gasteiger partial charge is 0.462 e. The highest BCUT2D eigenvalue weighted by Gasteiger charge is 2.48. The molecule has 0 aliphatic carbocycles. The molecule has 1 aromatic rings. The number of carbonyl (C=O) groups is 1. The number of alkyl halides is 2. The highest BCUT2D eigenvalue weighted by Crippen LogP contribution is 2.34. The summed E-state index contributed by atoms with van der Waals surface area (Å²) in [7, 11) is 0. The maximum Gasteiger partial charge on any atom is 0.379 e. The van der Waals surface area contributed by atoms with Crippen LogP contribution >= 0.6 is 24.0 Å². The molecule has 8 heteroatoms. The standard InChI is InChI=1S/C11H11ClF3NO2.ClH/c1-2-18-10(17)11(14,15)9(16)7-5-6(13)3-4-8(7)12;/h3-5,9H,2,16H2,1H3;1H/t9-;/m1./s1. The molecular formula is C11H12Cl2F3NO2. The van der Waals surface area contributed by atoms with E-state index in [1.807, 2.05) is 0 Å². The summed E-state index contributed by atoms with van der Waals surface area (Å²) in [6, 6.07) is 0.786. The van der Waals surface area contributed by atoms with Gasteiger partial charge in [-0.1, -0.05) is 11.6 Å². The molecule has 0 saturated carbocycles. The van der Waals surface area contributed by atoms with E-state index >= 15 is 0 Å². The monoisotopic (exact) mass is 317 g/mol. The molecule has 0 aromatic heterocycles. The third-order valence-electron chi connectivity index (χ3n) is 2.23. The predicted octanol–water partition coefficient (Wildman–Crippen LogP) is 3.10. The number of esters is 1. The van der Waals surface area contributed by atoms with Crippen LogP contribution in [-0.4, -0.2) is 18.5 Å². The van der Waals surface area contributed by atoms with Crippen LogP contribution in [0.3, 0.4) is 0 Å². The average molecular weight is 318 g/mol. The summed E-state index contributed by atoms with van der Waals surface area (Å²) in [5, 5.41) is -0.145. The fourth-order valence-corrected chi connectivity index (χ4v) is 1.54. The molecule has 1 atom stereocenters. The zero-order chi connectivity index (χ0) is 13.9. The van der Waals surface area contributed by atoms with Crippen LogP contribution in [0.1, 0.15) is 18.5 Å². The van der Waals surface area contributed by atoms with Gasteiger partial charge in [-0.3, -0.25) is 0 Å². The molecule has 0 spiro atoms. The van der Waals surface area contributed by atoms with Crippen molar-refractivity contribution in [2.45, 2.75) is 18.9 Å². The molecule has 108 valence electrons. The van der Waals surface area contributed by atoms with E-state index in [1.54, 1.807) is 0 Å². The van der Waals surface area contributed by atoms with Crippen molar-refractivity contribution in [3.8, 4) is 0 Å². The number of nitrogens with two attached hydrogens (primary N) is 1. The zero-order valence-corrected chi connectivity index (χ0v) is 11.4. The SMILES string of the molecule is CCOC(=O)C(F)(F)[C@H](N)c1cc(F)ccc1Cl.Cl. The maximum absolute atomic E-state index is 13.6. The lowest BCUT2D eigenvalue weighted by Crippen LogP contribution is -2.41. The molecule has 1 aromatic carbocycles. The quantitative estimate of drug-likeness (QED) is 0.868. The molecular weight excluding hydrogens is 306 g/mol. The van der Waals surface area contributed by atoms with E-state index in [1.165, 1.54) is 6.92 Å². The van der Waals surface area contributed by atoms with E-state index in [0.29, 0.717) is 0 Å². The molecule has 0 bridgehead atoms. The number of hydrogen-bond acceptors (Lipinski definition) is 3. The average Bonchev–Trinajstić information content (AvgIpc) is 2.31. The molecule has 0 fully saturated rings. The van der Waals surface area contributed by atoms with Crippen molar-refractivity contribution in [1.29, 1.82) is 0 Å². The first-order valence-electron chi connectivity index (χ1n) is 5.06. The molecule has 0 saturated heterocycles. The molecule has 0 radical (unpaired) electrons. The van der Waals surface area contributed by atoms with Gasteiger partial charge in [0, 0.05) is 5.02 Å². The predicted molar refractivity (Wildman–Crippen MR) is 67.2 cm³/mol. The van der Waals surface area contributed by atoms with Crippen molar-refractivity contribution in [2.75, 3.05) is 6.61 Å². The Kier molecular flexibility index (Phi) is 6.62. The van der Waals surface area contributed by atoms with Gasteiger partial charge >= 0.3 is 11.9 Å². The second-order valence-electron chi connectivity index (χ2n) is 3.49. The molecule has 0 aliphatic rings. The van der Waals surface area contributed by atoms with Crippen molar-refractivity contribution in [3.63, 3.8) is 0 Å². The Hall–Kier alpha value is -0.980. The van der Waals surface area contributed by atoms with E-state index < -0.39 is 23.8 Å². The van der Waals surface area contributed by atoms with Gasteiger partial charge in [-0.05, 0) is 30.7 Å². The van der Waals surface area contributed by atoms with Crippen LogP contribution in [0.2, 0.25) is 5.02 Å². The Morgan fingerprint density at radius 3 is 2.63 bits per heavy atom. The smallest absolute Gasteiger partial charge is 0.379 e. The van der Waals surface area contributed by atoms with E-state index in [4.69, 9.17) is 17.3 Å². The molecule has 0 unspecified atom stereocenters. The lowest BCUT2D eigenvalue weighted by atomic mass is 10.0. The molecule has 19 heavy (non-hydrogen) atoms. The summed E-state index contributed by atoms with van der Waals surface area (Å²) in [6.45, 7) is 1.17. The molecule has 0 heterocycles. The van der Waals surface area contributed by atoms with Crippen molar-refractivity contribution in [2.24, 2.45) is 5.73 Å². The first-order valence-corrected chi connectivity index (χ1v) is 5.44. The Bertz CT molecular complexity index is 458. The van der Waals surface area contributed by atoms with Crippen molar-refractivity contribution in [1.82, 2.24) is 0 Å². The minimum atomic E-state index is -3.98. The lowest BCUT2D eigenvalue weighted by Gasteiger charge is -2.22. The normalized spacial score (nSPS) is 12.5. The fraction of sp³-hybridized carbons (Fsp3) is 0.364. The van der Waals surface area contributed by atoms with Gasteiger partial charge in [0.1, 0.15) is 11.9 Å². The van der Waals surface area contributed by atoms with Gasteiger partial charge in [-0.2, -0.15) is 8.78 Å². The van der Waals surface area contributed by atoms with E-state index in [-0.39, 0.29) is 29.6 Å². The first-order chi connectivity index (χ1) is 8.30. The molecule has 2 N–H and O–H groups in total. The number of rotatable bonds is 4. The number of halogens is 5. The summed E-state index contributed by atoms with van der Waals surface area (Å²) in [5.41, 5.74) is 4.92. The highest BCUT2D eigenvalue weighted by atomic mass is 35.5. The van der Waals surface area contributed by atoms with Crippen molar-refractivity contribution < 1.29 is 22.7 Å². The van der Waals surface area contributed by atoms with Gasteiger partial charge in [-0.25, -0.2) is 9.18 Å². The molecule has 3 nitrogen and oxygen atoms in total. The van der Waals surface area contributed by atoms with E-state index in [2.05, 4.69) is 4.74 Å². The summed E-state index contributed by atoms with van der Waals surface area (Å²) in [4.78, 5) is 11.1. The van der Waals surface area contributed by atoms with Crippen LogP contribution < -0.4 is 5.73 Å². The van der Waals surface area contributed by atoms with Gasteiger partial charge in [0.25, 0.3) is 0 Å². The summed E-state index contributed by atoms with van der Waals surface area (Å²) in [6.07, 6.45) is 0. The Balaban J connectivity index is 0.00000324. The maximum atomic E-state index is 13.6. The Morgan fingerprint density at radius 2 is 2.11 bits per heavy atom. The van der Waals surface area contributed by atoms with Gasteiger partial charge in [0.2, 0.25) is 0 Å². The Labute approximate surface area is 119 Å². The van der Waals surface area contributed by atoms with Crippen LogP contribution in [0.4, 0.5) is 13.2 Å². The summed E-state index contributed by atoms with van der Waals surface area (Å²) >= 11 is 5.65. The minimum Gasteiger partial charge on any atom is -0.462 e. The number of hydrogen-bond donors (Lipinski definition) is 1. The van der Waals surface area contributed by atoms with Crippen molar-refractivity contribution >= 4 is 30.0 Å². The van der Waals surface area contributed by atoms with Crippen LogP contribution in [0.15, 0.2) is 18.2 Å². The van der Waals surface area contributed by atoms with Crippen molar-refractivity contribution in [3.05, 3.63) is 34.6 Å². The fourth-order valence-electron chi connectivity index (χ4n) is 1.30. The summed E-state index contributed by atoms with van der Waals surface area (Å²) < 4.78 is 44.4. The first kappa shape index (κ1) is 18.0. The molecule has 0 amide bonds. The number of ether oxygens (including phenoxy) is 1. The zero-order valence-electron chi connectivity index (χ0n) is 9.83. The van der Waals surface area contributed by atoms with Gasteiger partial charge in [0.15, 0.2) is 0 Å². The van der Waals surface area contributed by atoms with Crippen LogP contribution in [0.25, 0.3) is 0 Å². The van der Waals surface area contributed by atoms with Crippen LogP contribution in [0, 0.1) is 5.82 Å². The summed E-state index contributed by atoms with van der Waals surface area (Å²) in [5.74, 6) is -6.52. The second-order valence-corrected chi connectivity index (χ2v) is 3.89. The highest BCUT2D eigenvalue weighted by molar-refractivity contribution is 6.31. The molecule has 0 aliphatic heterocycles. The Morgan fingerprint density at radius 1 is 1.53 bits per heavy atom. The molecule has 1 rings (SSSR count). The minimum absolute atomic E-state index is 0. The topological polar surface area (TPSA) is 52.3 Å². The van der Waals surface area contributed by atoms with Gasteiger partial charge in [0.05, 0.1) is 6.61 Å². The van der Waals surface area contributed by atoms with E-state index in [9.17, 15) is 18.0 Å². The third kappa shape index (κ3) is 3.99.